The zero-order chi connectivity index (χ0) is 16.2. The average Bonchev–Trinajstić information content (AvgIpc) is 2.86. The van der Waals surface area contributed by atoms with Crippen molar-refractivity contribution in [1.29, 1.82) is 0 Å². The minimum absolute atomic E-state index is 0.0211. The van der Waals surface area contributed by atoms with E-state index in [-0.39, 0.29) is 17.6 Å². The summed E-state index contributed by atoms with van der Waals surface area (Å²) >= 11 is 0. The molecule has 23 heavy (non-hydrogen) atoms. The fourth-order valence-electron chi connectivity index (χ4n) is 7.55. The maximum Gasteiger partial charge on any atom is 0.0608 e. The van der Waals surface area contributed by atoms with Gasteiger partial charge in [-0.2, -0.15) is 0 Å². The SMILES string of the molecule is C#CC[C@]12CC[C@H]3[C@@H](CCC4C[C@H](O)CC[C@@]43C)[C@@H]1CCC2O. The Morgan fingerprint density at radius 3 is 2.61 bits per heavy atom. The fourth-order valence-corrected chi connectivity index (χ4v) is 7.55. The van der Waals surface area contributed by atoms with Crippen molar-refractivity contribution in [2.45, 2.75) is 83.3 Å². The number of hydrogen-bond acceptors (Lipinski definition) is 2. The molecule has 0 aliphatic heterocycles. The standard InChI is InChI=1S/C21H32O2/c1-3-10-21-12-9-17-16(18(21)6-7-19(21)23)5-4-14-13-15(22)8-11-20(14,17)2/h1,14-19,22-23H,4-13H2,2H3/t14?,15-,16-,17+,18+,19?,20+,21+/m1/s1. The van der Waals surface area contributed by atoms with E-state index < -0.39 is 0 Å². The maximum atomic E-state index is 10.7. The minimum atomic E-state index is -0.178. The lowest BCUT2D eigenvalue weighted by molar-refractivity contribution is -0.137. The summed E-state index contributed by atoms with van der Waals surface area (Å²) in [6, 6.07) is 0. The van der Waals surface area contributed by atoms with Crippen molar-refractivity contribution in [3.63, 3.8) is 0 Å². The van der Waals surface area contributed by atoms with Gasteiger partial charge in [0.25, 0.3) is 0 Å². The van der Waals surface area contributed by atoms with Crippen LogP contribution in [0, 0.1) is 46.8 Å². The van der Waals surface area contributed by atoms with E-state index in [1.54, 1.807) is 0 Å². The van der Waals surface area contributed by atoms with E-state index in [1.807, 2.05) is 0 Å². The second kappa shape index (κ2) is 5.50. The predicted molar refractivity (Wildman–Crippen MR) is 91.5 cm³/mol. The van der Waals surface area contributed by atoms with Crippen molar-refractivity contribution in [1.82, 2.24) is 0 Å². The number of rotatable bonds is 1. The summed E-state index contributed by atoms with van der Waals surface area (Å²) in [5.74, 6) is 5.79. The second-order valence-corrected chi connectivity index (χ2v) is 9.33. The second-order valence-electron chi connectivity index (χ2n) is 9.33. The normalized spacial score (nSPS) is 55.4. The van der Waals surface area contributed by atoms with Crippen molar-refractivity contribution in [3.05, 3.63) is 0 Å². The van der Waals surface area contributed by atoms with Crippen LogP contribution in [-0.4, -0.2) is 22.4 Å². The van der Waals surface area contributed by atoms with Crippen LogP contribution >= 0.6 is 0 Å². The highest BCUT2D eigenvalue weighted by Crippen LogP contribution is 2.67. The van der Waals surface area contributed by atoms with Crippen LogP contribution in [-0.2, 0) is 0 Å². The third-order valence-corrected chi connectivity index (χ3v) is 8.74. The molecule has 2 nitrogen and oxygen atoms in total. The van der Waals surface area contributed by atoms with Gasteiger partial charge in [0.05, 0.1) is 12.2 Å². The lowest BCUT2D eigenvalue weighted by atomic mass is 9.44. The summed E-state index contributed by atoms with van der Waals surface area (Å²) in [5, 5.41) is 20.8. The lowest BCUT2D eigenvalue weighted by Crippen LogP contribution is -2.55. The molecular formula is C21H32O2. The van der Waals surface area contributed by atoms with Gasteiger partial charge in [0, 0.05) is 11.8 Å². The summed E-state index contributed by atoms with van der Waals surface area (Å²) in [4.78, 5) is 0. The topological polar surface area (TPSA) is 40.5 Å². The molecule has 0 heterocycles. The zero-order valence-corrected chi connectivity index (χ0v) is 14.5. The van der Waals surface area contributed by atoms with Crippen molar-refractivity contribution in [3.8, 4) is 12.3 Å². The van der Waals surface area contributed by atoms with Gasteiger partial charge >= 0.3 is 0 Å². The van der Waals surface area contributed by atoms with Crippen LogP contribution in [0.15, 0.2) is 0 Å². The minimum Gasteiger partial charge on any atom is -0.393 e. The molecule has 0 aromatic heterocycles. The fraction of sp³-hybridized carbons (Fsp3) is 0.905. The third-order valence-electron chi connectivity index (χ3n) is 8.74. The molecule has 0 radical (unpaired) electrons. The van der Waals surface area contributed by atoms with E-state index in [0.717, 1.165) is 43.9 Å². The van der Waals surface area contributed by atoms with E-state index in [0.29, 0.717) is 17.3 Å². The summed E-state index contributed by atoms with van der Waals surface area (Å²) < 4.78 is 0. The molecule has 128 valence electrons. The van der Waals surface area contributed by atoms with Crippen molar-refractivity contribution < 1.29 is 10.2 Å². The molecule has 8 atom stereocenters. The van der Waals surface area contributed by atoms with Crippen LogP contribution in [0.2, 0.25) is 0 Å². The van der Waals surface area contributed by atoms with E-state index in [9.17, 15) is 10.2 Å². The van der Waals surface area contributed by atoms with Crippen molar-refractivity contribution >= 4 is 0 Å². The molecule has 0 amide bonds. The van der Waals surface area contributed by atoms with Gasteiger partial charge in [-0.3, -0.25) is 0 Å². The van der Waals surface area contributed by atoms with Crippen LogP contribution in [0.25, 0.3) is 0 Å². The molecule has 4 aliphatic rings. The molecule has 0 aromatic rings. The van der Waals surface area contributed by atoms with E-state index in [2.05, 4.69) is 12.8 Å². The third kappa shape index (κ3) is 2.16. The first kappa shape index (κ1) is 16.0. The quantitative estimate of drug-likeness (QED) is 0.723. The van der Waals surface area contributed by atoms with Crippen LogP contribution in [0.1, 0.15) is 71.1 Å². The van der Waals surface area contributed by atoms with Gasteiger partial charge in [-0.25, -0.2) is 0 Å². The summed E-state index contributed by atoms with van der Waals surface area (Å²) in [7, 11) is 0. The highest BCUT2D eigenvalue weighted by atomic mass is 16.3. The van der Waals surface area contributed by atoms with Gasteiger partial charge in [-0.1, -0.05) is 6.92 Å². The summed E-state index contributed by atoms with van der Waals surface area (Å²) in [5.41, 5.74) is 0.436. The Kier molecular flexibility index (Phi) is 3.82. The van der Waals surface area contributed by atoms with Gasteiger partial charge in [-0.15, -0.1) is 12.3 Å². The molecule has 0 saturated heterocycles. The van der Waals surface area contributed by atoms with E-state index in [1.165, 1.54) is 32.1 Å². The number of hydrogen-bond donors (Lipinski definition) is 2. The molecule has 0 spiro atoms. The monoisotopic (exact) mass is 316 g/mol. The average molecular weight is 316 g/mol. The van der Waals surface area contributed by atoms with E-state index >= 15 is 0 Å². The van der Waals surface area contributed by atoms with Crippen LogP contribution in [0.4, 0.5) is 0 Å². The van der Waals surface area contributed by atoms with Crippen molar-refractivity contribution in [2.24, 2.45) is 34.5 Å². The number of aliphatic hydroxyl groups excluding tert-OH is 2. The number of aliphatic hydroxyl groups is 2. The molecule has 0 bridgehead atoms. The molecule has 4 saturated carbocycles. The Bertz CT molecular complexity index is 508. The molecule has 0 aromatic carbocycles. The van der Waals surface area contributed by atoms with Crippen molar-refractivity contribution in [2.75, 3.05) is 0 Å². The molecule has 2 N–H and O–H groups in total. The largest absolute Gasteiger partial charge is 0.393 e. The molecular weight excluding hydrogens is 284 g/mol. The predicted octanol–water partition coefficient (Wildman–Crippen LogP) is 3.75. The number of fused-ring (bicyclic) bond motifs is 5. The van der Waals surface area contributed by atoms with Gasteiger partial charge in [0.1, 0.15) is 0 Å². The smallest absolute Gasteiger partial charge is 0.0608 e. The molecule has 2 heteroatoms. The zero-order valence-electron chi connectivity index (χ0n) is 14.5. The number of terminal acetylenes is 1. The highest BCUT2D eigenvalue weighted by Gasteiger charge is 2.61. The first-order valence-electron chi connectivity index (χ1n) is 9.81. The Morgan fingerprint density at radius 2 is 1.83 bits per heavy atom. The van der Waals surface area contributed by atoms with Gasteiger partial charge < -0.3 is 10.2 Å². The van der Waals surface area contributed by atoms with Crippen LogP contribution in [0.3, 0.4) is 0 Å². The van der Waals surface area contributed by atoms with E-state index in [4.69, 9.17) is 6.42 Å². The van der Waals surface area contributed by atoms with Gasteiger partial charge in [0.15, 0.2) is 0 Å². The summed E-state index contributed by atoms with van der Waals surface area (Å²) in [6.45, 7) is 2.51. The molecule has 4 rings (SSSR count). The lowest BCUT2D eigenvalue weighted by Gasteiger charge is -2.61. The van der Waals surface area contributed by atoms with Crippen LogP contribution < -0.4 is 0 Å². The Hall–Kier alpha value is -0.520. The molecule has 4 aliphatic carbocycles. The Morgan fingerprint density at radius 1 is 1.00 bits per heavy atom. The first-order valence-corrected chi connectivity index (χ1v) is 9.81. The Labute approximate surface area is 141 Å². The van der Waals surface area contributed by atoms with Crippen LogP contribution in [0.5, 0.6) is 0 Å². The first-order chi connectivity index (χ1) is 11.0. The Balaban J connectivity index is 1.63. The van der Waals surface area contributed by atoms with Gasteiger partial charge in [0.2, 0.25) is 0 Å². The van der Waals surface area contributed by atoms with Gasteiger partial charge in [-0.05, 0) is 86.9 Å². The molecule has 4 fully saturated rings. The maximum absolute atomic E-state index is 10.7. The highest BCUT2D eigenvalue weighted by molar-refractivity contribution is 5.13. The molecule has 2 unspecified atom stereocenters. The summed E-state index contributed by atoms with van der Waals surface area (Å²) in [6.07, 6.45) is 16.5.